The molecular weight excluding hydrogens is 300 g/mol. The summed E-state index contributed by atoms with van der Waals surface area (Å²) in [5.74, 6) is 1.25. The summed E-state index contributed by atoms with van der Waals surface area (Å²) in [5, 5.41) is 32.1. The summed E-state index contributed by atoms with van der Waals surface area (Å²) < 4.78 is 0. The van der Waals surface area contributed by atoms with Crippen LogP contribution in [0.5, 0.6) is 0 Å². The van der Waals surface area contributed by atoms with E-state index in [0.717, 1.165) is 32.1 Å². The Morgan fingerprint density at radius 1 is 0.917 bits per heavy atom. The van der Waals surface area contributed by atoms with Gasteiger partial charge in [0.2, 0.25) is 0 Å². The molecule has 0 aromatic rings. The molecule has 9 atom stereocenters. The van der Waals surface area contributed by atoms with Crippen LogP contribution >= 0.6 is 0 Å². The molecule has 0 saturated heterocycles. The molecular formula is C21H34O3. The van der Waals surface area contributed by atoms with Crippen LogP contribution in [0.3, 0.4) is 0 Å². The predicted octanol–water partition coefficient (Wildman–Crippen LogP) is 3.28. The summed E-state index contributed by atoms with van der Waals surface area (Å²) in [5.41, 5.74) is 1.86. The summed E-state index contributed by atoms with van der Waals surface area (Å²) in [6.07, 6.45) is 7.86. The third-order valence-corrected chi connectivity index (χ3v) is 8.92. The molecule has 4 rings (SSSR count). The first-order valence-electron chi connectivity index (χ1n) is 10.0. The third-order valence-electron chi connectivity index (χ3n) is 8.92. The van der Waals surface area contributed by atoms with E-state index >= 15 is 0 Å². The van der Waals surface area contributed by atoms with E-state index in [1.807, 2.05) is 0 Å². The minimum atomic E-state index is -0.678. The predicted molar refractivity (Wildman–Crippen MR) is 94.3 cm³/mol. The van der Waals surface area contributed by atoms with Crippen molar-refractivity contribution >= 4 is 0 Å². The van der Waals surface area contributed by atoms with Gasteiger partial charge in [0.1, 0.15) is 0 Å². The van der Waals surface area contributed by atoms with Gasteiger partial charge in [0.05, 0.1) is 18.3 Å². The van der Waals surface area contributed by atoms with E-state index in [-0.39, 0.29) is 28.8 Å². The van der Waals surface area contributed by atoms with Crippen LogP contribution in [0.4, 0.5) is 0 Å². The van der Waals surface area contributed by atoms with Crippen molar-refractivity contribution < 1.29 is 15.3 Å². The van der Waals surface area contributed by atoms with Gasteiger partial charge in [0.25, 0.3) is 0 Å². The van der Waals surface area contributed by atoms with Crippen molar-refractivity contribution in [2.24, 2.45) is 34.5 Å². The molecule has 3 nitrogen and oxygen atoms in total. The molecule has 0 bridgehead atoms. The Morgan fingerprint density at radius 3 is 2.38 bits per heavy atom. The molecule has 0 radical (unpaired) electrons. The molecule has 0 spiro atoms. The first kappa shape index (κ1) is 17.1. The van der Waals surface area contributed by atoms with Crippen LogP contribution in [-0.4, -0.2) is 33.6 Å². The minimum Gasteiger partial charge on any atom is -0.393 e. The van der Waals surface area contributed by atoms with Crippen molar-refractivity contribution in [1.82, 2.24) is 0 Å². The molecule has 0 aromatic carbocycles. The van der Waals surface area contributed by atoms with Gasteiger partial charge in [-0.3, -0.25) is 0 Å². The average molecular weight is 334 g/mol. The van der Waals surface area contributed by atoms with Crippen LogP contribution in [0.25, 0.3) is 0 Å². The third kappa shape index (κ3) is 2.07. The number of rotatable bonds is 0. The van der Waals surface area contributed by atoms with Gasteiger partial charge in [0, 0.05) is 0 Å². The molecule has 0 aliphatic heterocycles. The van der Waals surface area contributed by atoms with Crippen molar-refractivity contribution in [3.05, 3.63) is 11.6 Å². The number of aliphatic hydroxyl groups excluding tert-OH is 3. The maximum Gasteiger partial charge on any atom is 0.0836 e. The fourth-order valence-corrected chi connectivity index (χ4v) is 7.56. The highest BCUT2D eigenvalue weighted by Crippen LogP contribution is 2.67. The molecule has 4 saturated carbocycles. The molecule has 4 fully saturated rings. The van der Waals surface area contributed by atoms with Crippen LogP contribution in [0.1, 0.15) is 65.7 Å². The Morgan fingerprint density at radius 2 is 1.67 bits per heavy atom. The lowest BCUT2D eigenvalue weighted by molar-refractivity contribution is -0.217. The maximum atomic E-state index is 11.1. The van der Waals surface area contributed by atoms with Crippen LogP contribution < -0.4 is 0 Å². The summed E-state index contributed by atoms with van der Waals surface area (Å²) in [6.45, 7) is 6.89. The smallest absolute Gasteiger partial charge is 0.0836 e. The van der Waals surface area contributed by atoms with Crippen LogP contribution in [0, 0.1) is 34.5 Å². The second kappa shape index (κ2) is 5.56. The van der Waals surface area contributed by atoms with E-state index in [1.54, 1.807) is 5.57 Å². The van der Waals surface area contributed by atoms with Gasteiger partial charge in [-0.2, -0.15) is 0 Å². The van der Waals surface area contributed by atoms with Crippen molar-refractivity contribution in [3.63, 3.8) is 0 Å². The van der Waals surface area contributed by atoms with Crippen LogP contribution in [0.2, 0.25) is 0 Å². The lowest BCUT2D eigenvalue weighted by Gasteiger charge is -2.63. The molecule has 0 heterocycles. The van der Waals surface area contributed by atoms with Gasteiger partial charge in [0.15, 0.2) is 0 Å². The lowest BCUT2D eigenvalue weighted by atomic mass is 9.43. The number of hydrogen-bond donors (Lipinski definition) is 3. The zero-order chi connectivity index (χ0) is 17.3. The Balaban J connectivity index is 1.73. The topological polar surface area (TPSA) is 60.7 Å². The van der Waals surface area contributed by atoms with E-state index in [2.05, 4.69) is 26.8 Å². The fraction of sp³-hybridized carbons (Fsp3) is 0.905. The second-order valence-corrected chi connectivity index (χ2v) is 9.62. The molecule has 0 aromatic heterocycles. The van der Waals surface area contributed by atoms with E-state index in [9.17, 15) is 15.3 Å². The summed E-state index contributed by atoms with van der Waals surface area (Å²) in [7, 11) is 0. The Hall–Kier alpha value is -0.380. The number of fused-ring (bicyclic) bond motifs is 5. The maximum absolute atomic E-state index is 11.1. The first-order chi connectivity index (χ1) is 11.3. The average Bonchev–Trinajstić information content (AvgIpc) is 2.90. The quantitative estimate of drug-likeness (QED) is 0.596. The standard InChI is InChI=1S/C21H34O3/c1-4-12-5-6-14-17-15(8-10-20(12,14)2)21(3)9-7-13(22)11-16(21)18(23)19(17)24/h4,13-19,22-24H,5-11H2,1-3H3/t13-,14?,15?,16?,17?,18+,19+,20+,21+/m0/s1. The summed E-state index contributed by atoms with van der Waals surface area (Å²) in [4.78, 5) is 0. The van der Waals surface area contributed by atoms with Crippen molar-refractivity contribution in [2.75, 3.05) is 0 Å². The molecule has 3 heteroatoms. The normalized spacial score (nSPS) is 58.9. The monoisotopic (exact) mass is 334 g/mol. The largest absolute Gasteiger partial charge is 0.393 e. The number of allylic oxidation sites excluding steroid dienone is 2. The van der Waals surface area contributed by atoms with E-state index in [4.69, 9.17) is 0 Å². The van der Waals surface area contributed by atoms with E-state index in [1.165, 1.54) is 6.42 Å². The van der Waals surface area contributed by atoms with E-state index in [0.29, 0.717) is 18.3 Å². The molecule has 4 unspecified atom stereocenters. The SMILES string of the molecule is CC=C1CCC2C3C(CC[C@]12C)[C@@]1(C)CC[C@H](O)CC1[C@@H](O)[C@@H]3O. The zero-order valence-corrected chi connectivity index (χ0v) is 15.4. The Labute approximate surface area is 146 Å². The number of aliphatic hydroxyl groups is 3. The van der Waals surface area contributed by atoms with Crippen molar-refractivity contribution in [2.45, 2.75) is 84.0 Å². The van der Waals surface area contributed by atoms with Crippen molar-refractivity contribution in [3.8, 4) is 0 Å². The molecule has 0 amide bonds. The molecule has 4 aliphatic rings. The first-order valence-corrected chi connectivity index (χ1v) is 10.0. The lowest BCUT2D eigenvalue weighted by Crippen LogP contribution is -2.63. The highest BCUT2D eigenvalue weighted by Gasteiger charge is 2.63. The highest BCUT2D eigenvalue weighted by atomic mass is 16.3. The van der Waals surface area contributed by atoms with Gasteiger partial charge in [-0.25, -0.2) is 0 Å². The molecule has 24 heavy (non-hydrogen) atoms. The fourth-order valence-electron chi connectivity index (χ4n) is 7.56. The zero-order valence-electron chi connectivity index (χ0n) is 15.4. The van der Waals surface area contributed by atoms with Crippen molar-refractivity contribution in [1.29, 1.82) is 0 Å². The van der Waals surface area contributed by atoms with Gasteiger partial charge in [-0.15, -0.1) is 0 Å². The molecule has 136 valence electrons. The van der Waals surface area contributed by atoms with Gasteiger partial charge in [-0.05, 0) is 86.4 Å². The van der Waals surface area contributed by atoms with Gasteiger partial charge >= 0.3 is 0 Å². The van der Waals surface area contributed by atoms with Gasteiger partial charge < -0.3 is 15.3 Å². The summed E-state index contributed by atoms with van der Waals surface area (Å²) >= 11 is 0. The molecule has 3 N–H and O–H groups in total. The van der Waals surface area contributed by atoms with Crippen LogP contribution in [0.15, 0.2) is 11.6 Å². The minimum absolute atomic E-state index is 0.0458. The highest BCUT2D eigenvalue weighted by molar-refractivity contribution is 5.25. The summed E-state index contributed by atoms with van der Waals surface area (Å²) in [6, 6.07) is 0. The van der Waals surface area contributed by atoms with E-state index < -0.39 is 12.2 Å². The van der Waals surface area contributed by atoms with Crippen LogP contribution in [-0.2, 0) is 0 Å². The Kier molecular flexibility index (Phi) is 3.95. The number of hydrogen-bond acceptors (Lipinski definition) is 3. The Bertz CT molecular complexity index is 543. The second-order valence-electron chi connectivity index (χ2n) is 9.62. The van der Waals surface area contributed by atoms with Gasteiger partial charge in [-0.1, -0.05) is 25.5 Å². The molecule has 4 aliphatic carbocycles.